The molecule has 0 aromatic heterocycles. The van der Waals surface area contributed by atoms with Crippen LogP contribution in [0, 0.1) is 0 Å². The zero-order valence-electron chi connectivity index (χ0n) is 6.58. The fourth-order valence-corrected chi connectivity index (χ4v) is 2.08. The monoisotopic (exact) mass is 162 g/mol. The van der Waals surface area contributed by atoms with E-state index in [4.69, 9.17) is 4.89 Å². The Morgan fingerprint density at radius 1 is 1.60 bits per heavy atom. The van der Waals surface area contributed by atoms with Crippen LogP contribution in [-0.4, -0.2) is 11.1 Å². The highest BCUT2D eigenvalue weighted by molar-refractivity contribution is 7.61. The normalized spacial score (nSPS) is 17.5. The minimum absolute atomic E-state index is 0.424. The number of rotatable bonds is 4. The van der Waals surface area contributed by atoms with Crippen molar-refractivity contribution in [2.24, 2.45) is 0 Å². The summed E-state index contributed by atoms with van der Waals surface area (Å²) in [6.45, 7) is 3.77. The smallest absolute Gasteiger partial charge is 0.222 e. The van der Waals surface area contributed by atoms with Crippen LogP contribution in [-0.2, 0) is 4.57 Å². The molecule has 0 bridgehead atoms. The van der Waals surface area contributed by atoms with E-state index in [-0.39, 0.29) is 0 Å². The summed E-state index contributed by atoms with van der Waals surface area (Å²) in [6, 6.07) is 0. The van der Waals surface area contributed by atoms with Gasteiger partial charge in [-0.2, -0.15) is 0 Å². The van der Waals surface area contributed by atoms with E-state index < -0.39 is 7.37 Å². The van der Waals surface area contributed by atoms with Crippen molar-refractivity contribution in [1.82, 2.24) is 0 Å². The van der Waals surface area contributed by atoms with Crippen LogP contribution in [0.1, 0.15) is 26.7 Å². The van der Waals surface area contributed by atoms with Crippen molar-refractivity contribution in [1.29, 1.82) is 0 Å². The van der Waals surface area contributed by atoms with Crippen LogP contribution < -0.4 is 0 Å². The molecule has 0 aliphatic rings. The zero-order chi connectivity index (χ0) is 8.04. The maximum atomic E-state index is 11.0. The highest BCUT2D eigenvalue weighted by atomic mass is 31.2. The standard InChI is InChI=1S/C7H15O2P/c1-3-5-7-10(8,9)6-4-2/h4,6H,3,5,7H2,1-2H3,(H,8,9). The van der Waals surface area contributed by atoms with Crippen molar-refractivity contribution >= 4 is 7.37 Å². The van der Waals surface area contributed by atoms with E-state index in [1.807, 2.05) is 6.92 Å². The van der Waals surface area contributed by atoms with Gasteiger partial charge in [0.25, 0.3) is 0 Å². The van der Waals surface area contributed by atoms with Crippen LogP contribution in [0.5, 0.6) is 0 Å². The molecule has 1 atom stereocenters. The fourth-order valence-electron chi connectivity index (χ4n) is 0.692. The molecule has 0 heterocycles. The molecule has 3 heteroatoms. The van der Waals surface area contributed by atoms with Crippen LogP contribution in [0.3, 0.4) is 0 Å². The van der Waals surface area contributed by atoms with Gasteiger partial charge in [-0.05, 0) is 19.2 Å². The van der Waals surface area contributed by atoms with Crippen LogP contribution in [0.2, 0.25) is 0 Å². The van der Waals surface area contributed by atoms with E-state index in [1.54, 1.807) is 13.0 Å². The van der Waals surface area contributed by atoms with E-state index in [2.05, 4.69) is 0 Å². The molecular weight excluding hydrogens is 147 g/mol. The van der Waals surface area contributed by atoms with Crippen molar-refractivity contribution in [3.63, 3.8) is 0 Å². The maximum absolute atomic E-state index is 11.0. The second-order valence-corrected chi connectivity index (χ2v) is 4.57. The van der Waals surface area contributed by atoms with E-state index in [1.165, 1.54) is 5.82 Å². The Balaban J connectivity index is 3.76. The Kier molecular flexibility index (Phi) is 4.67. The minimum Gasteiger partial charge on any atom is -0.341 e. The SMILES string of the molecule is CC=CP(=O)(O)CCCC. The highest BCUT2D eigenvalue weighted by Crippen LogP contribution is 2.42. The summed E-state index contributed by atoms with van der Waals surface area (Å²) in [4.78, 5) is 9.11. The third kappa shape index (κ3) is 4.78. The third-order valence-electron chi connectivity index (χ3n) is 1.21. The Morgan fingerprint density at radius 2 is 2.20 bits per heavy atom. The van der Waals surface area contributed by atoms with Crippen LogP contribution in [0.4, 0.5) is 0 Å². The summed E-state index contributed by atoms with van der Waals surface area (Å²) in [5.74, 6) is 1.41. The lowest BCUT2D eigenvalue weighted by Crippen LogP contribution is -1.84. The molecule has 0 aromatic rings. The highest BCUT2D eigenvalue weighted by Gasteiger charge is 2.10. The largest absolute Gasteiger partial charge is 0.341 e. The predicted molar refractivity (Wildman–Crippen MR) is 44.4 cm³/mol. The average Bonchev–Trinajstić information content (AvgIpc) is 1.84. The molecule has 0 amide bonds. The third-order valence-corrected chi connectivity index (χ3v) is 2.94. The topological polar surface area (TPSA) is 37.3 Å². The lowest BCUT2D eigenvalue weighted by Gasteiger charge is -2.03. The molecule has 10 heavy (non-hydrogen) atoms. The molecule has 1 unspecified atom stereocenters. The lowest BCUT2D eigenvalue weighted by atomic mass is 10.4. The van der Waals surface area contributed by atoms with E-state index >= 15 is 0 Å². The molecule has 60 valence electrons. The van der Waals surface area contributed by atoms with Gasteiger partial charge in [0.15, 0.2) is 0 Å². The molecule has 0 aliphatic carbocycles. The van der Waals surface area contributed by atoms with Gasteiger partial charge in [-0.15, -0.1) is 0 Å². The molecule has 0 saturated carbocycles. The van der Waals surface area contributed by atoms with Gasteiger partial charge in [0.1, 0.15) is 0 Å². The first-order chi connectivity index (χ1) is 4.62. The summed E-state index contributed by atoms with van der Waals surface area (Å²) >= 11 is 0. The van der Waals surface area contributed by atoms with Gasteiger partial charge in [0.05, 0.1) is 0 Å². The Hall–Kier alpha value is -0.0700. The quantitative estimate of drug-likeness (QED) is 0.645. The van der Waals surface area contributed by atoms with Crippen molar-refractivity contribution in [3.8, 4) is 0 Å². The molecule has 0 spiro atoms. The van der Waals surface area contributed by atoms with Gasteiger partial charge in [0, 0.05) is 6.16 Å². The average molecular weight is 162 g/mol. The molecule has 0 fully saturated rings. The van der Waals surface area contributed by atoms with Crippen LogP contribution in [0.25, 0.3) is 0 Å². The van der Waals surface area contributed by atoms with Crippen LogP contribution >= 0.6 is 7.37 Å². The van der Waals surface area contributed by atoms with Gasteiger partial charge in [-0.3, -0.25) is 4.57 Å². The van der Waals surface area contributed by atoms with Crippen molar-refractivity contribution in [2.75, 3.05) is 6.16 Å². The number of allylic oxidation sites excluding steroid dienone is 1. The number of hydrogen-bond acceptors (Lipinski definition) is 1. The Morgan fingerprint density at radius 3 is 2.60 bits per heavy atom. The molecule has 0 saturated heterocycles. The van der Waals surface area contributed by atoms with Gasteiger partial charge in [-0.1, -0.05) is 19.4 Å². The summed E-state index contributed by atoms with van der Waals surface area (Å²) in [6.07, 6.45) is 3.87. The molecule has 0 radical (unpaired) electrons. The molecule has 0 rings (SSSR count). The van der Waals surface area contributed by atoms with Crippen molar-refractivity contribution in [2.45, 2.75) is 26.7 Å². The second-order valence-electron chi connectivity index (χ2n) is 2.32. The van der Waals surface area contributed by atoms with E-state index in [9.17, 15) is 4.57 Å². The fraction of sp³-hybridized carbons (Fsp3) is 0.714. The van der Waals surface area contributed by atoms with Gasteiger partial charge >= 0.3 is 0 Å². The summed E-state index contributed by atoms with van der Waals surface area (Å²) in [7, 11) is -2.89. The Bertz CT molecular complexity index is 152. The molecule has 0 aliphatic heterocycles. The summed E-state index contributed by atoms with van der Waals surface area (Å²) < 4.78 is 11.0. The number of unbranched alkanes of at least 4 members (excludes halogenated alkanes) is 1. The predicted octanol–water partition coefficient (Wildman–Crippen LogP) is 2.59. The van der Waals surface area contributed by atoms with E-state index in [0.29, 0.717) is 6.16 Å². The minimum atomic E-state index is -2.89. The molecular formula is C7H15O2P. The second kappa shape index (κ2) is 4.70. The van der Waals surface area contributed by atoms with Gasteiger partial charge in [-0.25, -0.2) is 0 Å². The van der Waals surface area contributed by atoms with E-state index in [0.717, 1.165) is 12.8 Å². The summed E-state index contributed by atoms with van der Waals surface area (Å²) in [5.41, 5.74) is 0. The number of hydrogen-bond donors (Lipinski definition) is 1. The molecule has 0 aromatic carbocycles. The van der Waals surface area contributed by atoms with Gasteiger partial charge < -0.3 is 4.89 Å². The first-order valence-electron chi connectivity index (χ1n) is 3.57. The van der Waals surface area contributed by atoms with Gasteiger partial charge in [0.2, 0.25) is 7.37 Å². The lowest BCUT2D eigenvalue weighted by molar-refractivity contribution is 0.486. The summed E-state index contributed by atoms with van der Waals surface area (Å²) in [5, 5.41) is 0. The molecule has 1 N–H and O–H groups in total. The first kappa shape index (κ1) is 9.93. The van der Waals surface area contributed by atoms with Crippen molar-refractivity contribution < 1.29 is 9.46 Å². The Labute approximate surface area is 62.4 Å². The van der Waals surface area contributed by atoms with Crippen LogP contribution in [0.15, 0.2) is 11.9 Å². The zero-order valence-corrected chi connectivity index (χ0v) is 7.47. The maximum Gasteiger partial charge on any atom is 0.222 e. The molecule has 2 nitrogen and oxygen atoms in total. The first-order valence-corrected chi connectivity index (χ1v) is 5.49. The van der Waals surface area contributed by atoms with Crippen molar-refractivity contribution in [3.05, 3.63) is 11.9 Å².